The number of carbonyl (C=O) groups excluding carboxylic acids is 1. The van der Waals surface area contributed by atoms with Gasteiger partial charge in [0.15, 0.2) is 5.69 Å². The van der Waals surface area contributed by atoms with Crippen molar-refractivity contribution in [2.45, 2.75) is 26.0 Å². The predicted molar refractivity (Wildman–Crippen MR) is 55.8 cm³/mol. The average Bonchev–Trinajstić information content (AvgIpc) is 2.74. The second-order valence-electron chi connectivity index (χ2n) is 3.74. The van der Waals surface area contributed by atoms with E-state index >= 15 is 0 Å². The van der Waals surface area contributed by atoms with Crippen molar-refractivity contribution in [1.29, 1.82) is 0 Å². The van der Waals surface area contributed by atoms with E-state index in [1.54, 1.807) is 4.90 Å². The molecule has 1 aliphatic heterocycles. The Kier molecular flexibility index (Phi) is 2.97. The molecular weight excluding hydrogens is 214 g/mol. The molecule has 1 fully saturated rings. The zero-order chi connectivity index (χ0) is 10.8. The topological polar surface area (TPSA) is 55.3 Å². The fraction of sp³-hybridized carbons (Fsp3) is 0.667. The second kappa shape index (κ2) is 4.24. The van der Waals surface area contributed by atoms with E-state index in [2.05, 4.69) is 8.75 Å². The summed E-state index contributed by atoms with van der Waals surface area (Å²) in [7, 11) is 0. The van der Waals surface area contributed by atoms with Gasteiger partial charge in [-0.1, -0.05) is 0 Å². The van der Waals surface area contributed by atoms with Crippen LogP contribution in [0.2, 0.25) is 0 Å². The van der Waals surface area contributed by atoms with E-state index in [-0.39, 0.29) is 18.1 Å². The first-order chi connectivity index (χ1) is 7.18. The molecule has 0 saturated carbocycles. The summed E-state index contributed by atoms with van der Waals surface area (Å²) >= 11 is 1.06. The molecule has 82 valence electrons. The van der Waals surface area contributed by atoms with E-state index in [1.165, 1.54) is 6.20 Å². The molecular formula is C9H13N3O2S. The molecule has 1 aromatic heterocycles. The summed E-state index contributed by atoms with van der Waals surface area (Å²) in [5, 5.41) is 0. The monoisotopic (exact) mass is 227 g/mol. The number of hydrogen-bond acceptors (Lipinski definition) is 5. The van der Waals surface area contributed by atoms with Crippen molar-refractivity contribution in [3.05, 3.63) is 11.9 Å². The summed E-state index contributed by atoms with van der Waals surface area (Å²) in [4.78, 5) is 13.8. The smallest absolute Gasteiger partial charge is 0.275 e. The van der Waals surface area contributed by atoms with Crippen LogP contribution in [-0.4, -0.2) is 44.9 Å². The number of amides is 1. The van der Waals surface area contributed by atoms with Crippen molar-refractivity contribution < 1.29 is 9.53 Å². The Labute approximate surface area is 92.4 Å². The van der Waals surface area contributed by atoms with Gasteiger partial charge in [-0.2, -0.15) is 8.75 Å². The number of aromatic nitrogens is 2. The molecule has 0 aliphatic carbocycles. The maximum atomic E-state index is 12.0. The average molecular weight is 227 g/mol. The summed E-state index contributed by atoms with van der Waals surface area (Å²) in [5.74, 6) is -0.0496. The molecule has 15 heavy (non-hydrogen) atoms. The zero-order valence-corrected chi connectivity index (χ0v) is 9.53. The van der Waals surface area contributed by atoms with Crippen LogP contribution in [0.1, 0.15) is 24.3 Å². The summed E-state index contributed by atoms with van der Waals surface area (Å²) in [6.07, 6.45) is 1.61. The Balaban J connectivity index is 2.12. The predicted octanol–water partition coefficient (Wildman–Crippen LogP) is 0.788. The molecule has 0 aromatic carbocycles. The SMILES string of the molecule is C[C@@H]1CO[C@@H](C)CN1C(=O)c1cnsn1. The van der Waals surface area contributed by atoms with Gasteiger partial charge in [-0.05, 0) is 13.8 Å². The highest BCUT2D eigenvalue weighted by molar-refractivity contribution is 6.99. The third-order valence-corrected chi connectivity index (χ3v) is 2.93. The van der Waals surface area contributed by atoms with E-state index in [1.807, 2.05) is 13.8 Å². The van der Waals surface area contributed by atoms with Crippen LogP contribution in [0.4, 0.5) is 0 Å². The first kappa shape index (κ1) is 10.5. The van der Waals surface area contributed by atoms with Crippen LogP contribution in [0.25, 0.3) is 0 Å². The number of nitrogens with zero attached hydrogens (tertiary/aromatic N) is 3. The van der Waals surface area contributed by atoms with Gasteiger partial charge in [-0.15, -0.1) is 0 Å². The molecule has 2 heterocycles. The van der Waals surface area contributed by atoms with Gasteiger partial charge in [0.05, 0.1) is 36.7 Å². The standard InChI is InChI=1S/C9H13N3O2S/c1-6-5-14-7(2)4-12(6)9(13)8-3-10-15-11-8/h3,6-7H,4-5H2,1-2H3/t6-,7+/m1/s1. The van der Waals surface area contributed by atoms with Crippen LogP contribution in [-0.2, 0) is 4.74 Å². The quantitative estimate of drug-likeness (QED) is 0.711. The van der Waals surface area contributed by atoms with E-state index < -0.39 is 0 Å². The molecule has 1 amide bonds. The highest BCUT2D eigenvalue weighted by Gasteiger charge is 2.29. The van der Waals surface area contributed by atoms with Gasteiger partial charge in [0.2, 0.25) is 0 Å². The Morgan fingerprint density at radius 2 is 2.47 bits per heavy atom. The Bertz CT molecular complexity index is 341. The molecule has 0 N–H and O–H groups in total. The molecule has 0 unspecified atom stereocenters. The molecule has 5 nitrogen and oxygen atoms in total. The van der Waals surface area contributed by atoms with Crippen molar-refractivity contribution >= 4 is 17.6 Å². The summed E-state index contributed by atoms with van der Waals surface area (Å²) in [6.45, 7) is 5.15. The van der Waals surface area contributed by atoms with E-state index in [0.717, 1.165) is 11.7 Å². The first-order valence-electron chi connectivity index (χ1n) is 4.88. The summed E-state index contributed by atoms with van der Waals surface area (Å²) < 4.78 is 13.2. The van der Waals surface area contributed by atoms with Gasteiger partial charge in [-0.3, -0.25) is 4.79 Å². The molecule has 1 aromatic rings. The Morgan fingerprint density at radius 1 is 1.67 bits per heavy atom. The van der Waals surface area contributed by atoms with Crippen LogP contribution < -0.4 is 0 Å². The largest absolute Gasteiger partial charge is 0.375 e. The lowest BCUT2D eigenvalue weighted by molar-refractivity contribution is -0.0388. The van der Waals surface area contributed by atoms with Gasteiger partial charge in [0.1, 0.15) is 0 Å². The molecule has 2 atom stereocenters. The highest BCUT2D eigenvalue weighted by Crippen LogP contribution is 2.14. The van der Waals surface area contributed by atoms with Crippen molar-refractivity contribution in [2.75, 3.05) is 13.2 Å². The van der Waals surface area contributed by atoms with Crippen molar-refractivity contribution in [3.8, 4) is 0 Å². The Morgan fingerprint density at radius 3 is 3.13 bits per heavy atom. The van der Waals surface area contributed by atoms with Gasteiger partial charge < -0.3 is 9.64 Å². The minimum Gasteiger partial charge on any atom is -0.375 e. The lowest BCUT2D eigenvalue weighted by Gasteiger charge is -2.36. The van der Waals surface area contributed by atoms with Gasteiger partial charge in [-0.25, -0.2) is 0 Å². The van der Waals surface area contributed by atoms with E-state index in [9.17, 15) is 4.79 Å². The lowest BCUT2D eigenvalue weighted by atomic mass is 10.2. The van der Waals surface area contributed by atoms with Gasteiger partial charge in [0.25, 0.3) is 5.91 Å². The summed E-state index contributed by atoms with van der Waals surface area (Å²) in [6, 6.07) is 0.107. The highest BCUT2D eigenvalue weighted by atomic mass is 32.1. The van der Waals surface area contributed by atoms with Gasteiger partial charge in [0, 0.05) is 6.54 Å². The van der Waals surface area contributed by atoms with Crippen molar-refractivity contribution in [3.63, 3.8) is 0 Å². The number of carbonyl (C=O) groups is 1. The number of rotatable bonds is 1. The van der Waals surface area contributed by atoms with Crippen LogP contribution in [0.3, 0.4) is 0 Å². The molecule has 6 heteroatoms. The first-order valence-corrected chi connectivity index (χ1v) is 5.61. The fourth-order valence-corrected chi connectivity index (χ4v) is 2.00. The van der Waals surface area contributed by atoms with Crippen molar-refractivity contribution in [1.82, 2.24) is 13.6 Å². The van der Waals surface area contributed by atoms with Gasteiger partial charge >= 0.3 is 0 Å². The fourth-order valence-electron chi connectivity index (χ4n) is 1.59. The minimum absolute atomic E-state index is 0.0496. The maximum absolute atomic E-state index is 12.0. The zero-order valence-electron chi connectivity index (χ0n) is 8.71. The number of morpholine rings is 1. The van der Waals surface area contributed by atoms with Crippen LogP contribution in [0.5, 0.6) is 0 Å². The van der Waals surface area contributed by atoms with Crippen LogP contribution in [0, 0.1) is 0 Å². The third-order valence-electron chi connectivity index (χ3n) is 2.45. The van der Waals surface area contributed by atoms with E-state index in [0.29, 0.717) is 18.8 Å². The molecule has 0 bridgehead atoms. The van der Waals surface area contributed by atoms with Crippen LogP contribution >= 0.6 is 11.7 Å². The molecule has 0 spiro atoms. The minimum atomic E-state index is -0.0496. The number of ether oxygens (including phenoxy) is 1. The summed E-state index contributed by atoms with van der Waals surface area (Å²) in [5.41, 5.74) is 0.431. The normalized spacial score (nSPS) is 26.7. The Hall–Kier alpha value is -1.01. The lowest BCUT2D eigenvalue weighted by Crippen LogP contribution is -2.50. The second-order valence-corrected chi connectivity index (χ2v) is 4.30. The maximum Gasteiger partial charge on any atom is 0.275 e. The van der Waals surface area contributed by atoms with E-state index in [4.69, 9.17) is 4.74 Å². The van der Waals surface area contributed by atoms with Crippen molar-refractivity contribution in [2.24, 2.45) is 0 Å². The molecule has 2 rings (SSSR count). The number of hydrogen-bond donors (Lipinski definition) is 0. The molecule has 0 radical (unpaired) electrons. The molecule has 1 aliphatic rings. The molecule has 1 saturated heterocycles. The van der Waals surface area contributed by atoms with Crippen LogP contribution in [0.15, 0.2) is 6.20 Å². The third kappa shape index (κ3) is 2.15.